The Labute approximate surface area is 211 Å². The predicted molar refractivity (Wildman–Crippen MR) is 148 cm³/mol. The minimum Gasteiger partial charge on any atom is -0.324 e. The van der Waals surface area contributed by atoms with Crippen LogP contribution in [0.3, 0.4) is 0 Å². The number of carbonyl (C=O) groups is 1. The van der Waals surface area contributed by atoms with Gasteiger partial charge in [0.25, 0.3) is 0 Å². The first-order valence-corrected chi connectivity index (χ1v) is 13.4. The van der Waals surface area contributed by atoms with E-state index in [-0.39, 0.29) is 11.7 Å². The number of carbonyl (C=O) groups excluding carboxylic acids is 1. The first kappa shape index (κ1) is 27.3. The molecular weight excluding hydrogens is 434 g/mol. The van der Waals surface area contributed by atoms with Crippen molar-refractivity contribution in [3.05, 3.63) is 35.7 Å². The Morgan fingerprint density at radius 2 is 1.91 bits per heavy atom. The number of aromatic nitrogens is 2. The number of likely N-dealkylation sites (tertiary alicyclic amines) is 1. The van der Waals surface area contributed by atoms with E-state index in [4.69, 9.17) is 10.4 Å². The van der Waals surface area contributed by atoms with Crippen molar-refractivity contribution in [1.82, 2.24) is 19.8 Å². The Kier molecular flexibility index (Phi) is 9.42. The molecule has 6 heteroatoms. The number of benzene rings is 1. The van der Waals surface area contributed by atoms with Gasteiger partial charge in [-0.2, -0.15) is 0 Å². The maximum Gasteiger partial charge on any atom is 0.143 e. The van der Waals surface area contributed by atoms with E-state index < -0.39 is 0 Å². The molecule has 1 unspecified atom stereocenters. The molecule has 1 aliphatic heterocycles. The van der Waals surface area contributed by atoms with Crippen LogP contribution in [0.5, 0.6) is 0 Å². The van der Waals surface area contributed by atoms with Crippen molar-refractivity contribution in [2.24, 2.45) is 5.92 Å². The van der Waals surface area contributed by atoms with E-state index in [1.807, 2.05) is 19.9 Å². The van der Waals surface area contributed by atoms with Crippen molar-refractivity contribution in [3.8, 4) is 0 Å². The number of fused-ring (bicyclic) bond motifs is 1. The normalized spacial score (nSPS) is 17.8. The molecule has 0 saturated carbocycles. The molecule has 2 atom stereocenters. The molecule has 1 saturated heterocycles. The number of hydrogen-bond donors (Lipinski definition) is 2. The molecule has 6 nitrogen and oxygen atoms in total. The van der Waals surface area contributed by atoms with Crippen molar-refractivity contribution in [2.75, 3.05) is 26.2 Å². The average Bonchev–Trinajstić information content (AvgIpc) is 3.19. The first-order chi connectivity index (χ1) is 16.7. The van der Waals surface area contributed by atoms with Gasteiger partial charge in [0.15, 0.2) is 0 Å². The van der Waals surface area contributed by atoms with Crippen LogP contribution in [-0.2, 0) is 4.79 Å². The summed E-state index contributed by atoms with van der Waals surface area (Å²) in [6, 6.07) is 7.50. The molecule has 2 N–H and O–H groups in total. The van der Waals surface area contributed by atoms with Crippen LogP contribution in [-0.4, -0.2) is 58.2 Å². The molecule has 1 aromatic heterocycles. The highest BCUT2D eigenvalue weighted by Gasteiger charge is 2.30. The van der Waals surface area contributed by atoms with Crippen molar-refractivity contribution in [1.29, 1.82) is 5.41 Å². The first-order valence-electron chi connectivity index (χ1n) is 13.4. The van der Waals surface area contributed by atoms with Crippen molar-refractivity contribution < 1.29 is 4.79 Å². The molecule has 0 radical (unpaired) electrons. The van der Waals surface area contributed by atoms with E-state index >= 15 is 0 Å². The van der Waals surface area contributed by atoms with E-state index in [9.17, 15) is 4.79 Å². The fourth-order valence-corrected chi connectivity index (χ4v) is 5.43. The molecular formula is C29H45N5O. The molecule has 192 valence electrons. The van der Waals surface area contributed by atoms with Gasteiger partial charge in [-0.1, -0.05) is 32.4 Å². The molecule has 0 spiro atoms. The molecule has 0 amide bonds. The summed E-state index contributed by atoms with van der Waals surface area (Å²) in [5.41, 5.74) is 4.76. The number of imidazole rings is 1. The third-order valence-electron chi connectivity index (χ3n) is 7.72. The zero-order chi connectivity index (χ0) is 25.7. The van der Waals surface area contributed by atoms with Crippen LogP contribution in [0.15, 0.2) is 24.3 Å². The number of nitrogens with one attached hydrogen (secondary N) is 2. The minimum absolute atomic E-state index is 0.160. The van der Waals surface area contributed by atoms with Crippen molar-refractivity contribution >= 4 is 28.1 Å². The molecule has 1 aromatic carbocycles. The number of rotatable bonds is 11. The van der Waals surface area contributed by atoms with Crippen LogP contribution in [0.2, 0.25) is 0 Å². The van der Waals surface area contributed by atoms with Gasteiger partial charge in [-0.25, -0.2) is 4.98 Å². The van der Waals surface area contributed by atoms with Crippen LogP contribution in [0.4, 0.5) is 0 Å². The molecule has 0 bridgehead atoms. The fourth-order valence-electron chi connectivity index (χ4n) is 5.43. The Morgan fingerprint density at radius 1 is 1.23 bits per heavy atom. The molecule has 35 heavy (non-hydrogen) atoms. The highest BCUT2D eigenvalue weighted by molar-refractivity contribution is 6.21. The van der Waals surface area contributed by atoms with E-state index in [2.05, 4.69) is 60.7 Å². The van der Waals surface area contributed by atoms with Gasteiger partial charge in [-0.3, -0.25) is 4.79 Å². The Hall–Kier alpha value is -2.31. The summed E-state index contributed by atoms with van der Waals surface area (Å²) in [5.74, 6) is 1.96. The van der Waals surface area contributed by atoms with Gasteiger partial charge >= 0.3 is 0 Å². The van der Waals surface area contributed by atoms with Crippen LogP contribution in [0.1, 0.15) is 91.1 Å². The maximum absolute atomic E-state index is 11.6. The fraction of sp³-hybridized carbons (Fsp3) is 0.621. The van der Waals surface area contributed by atoms with Crippen LogP contribution >= 0.6 is 0 Å². The number of allylic oxidation sites excluding steroid dienone is 2. The third-order valence-corrected chi connectivity index (χ3v) is 7.72. The van der Waals surface area contributed by atoms with Gasteiger partial charge in [0.05, 0.1) is 17.6 Å². The van der Waals surface area contributed by atoms with Gasteiger partial charge in [0.2, 0.25) is 0 Å². The van der Waals surface area contributed by atoms with Gasteiger partial charge in [-0.05, 0) is 76.6 Å². The third kappa shape index (κ3) is 6.28. The number of Topliss-reactive ketones (excluding diaryl/α,β-unsaturated/α-hetero) is 1. The molecule has 1 fully saturated rings. The minimum atomic E-state index is 0.160. The van der Waals surface area contributed by atoms with Gasteiger partial charge in [-0.15, -0.1) is 0 Å². The van der Waals surface area contributed by atoms with E-state index in [0.717, 1.165) is 61.4 Å². The van der Waals surface area contributed by atoms with E-state index in [0.29, 0.717) is 30.3 Å². The Bertz CT molecular complexity index is 1060. The topological polar surface area (TPSA) is 74.0 Å². The lowest BCUT2D eigenvalue weighted by molar-refractivity contribution is -0.116. The number of hydrogen-bond acceptors (Lipinski definition) is 5. The lowest BCUT2D eigenvalue weighted by Crippen LogP contribution is -2.39. The van der Waals surface area contributed by atoms with Crippen LogP contribution < -0.4 is 5.32 Å². The zero-order valence-corrected chi connectivity index (χ0v) is 22.8. The summed E-state index contributed by atoms with van der Waals surface area (Å²) in [6.07, 6.45) is 5.30. The Morgan fingerprint density at radius 3 is 2.46 bits per heavy atom. The highest BCUT2D eigenvalue weighted by Crippen LogP contribution is 2.36. The van der Waals surface area contributed by atoms with Gasteiger partial charge < -0.3 is 20.2 Å². The quantitative estimate of drug-likeness (QED) is 0.398. The second-order valence-electron chi connectivity index (χ2n) is 10.6. The summed E-state index contributed by atoms with van der Waals surface area (Å²) in [5, 5.41) is 11.6. The number of ketones is 1. The summed E-state index contributed by atoms with van der Waals surface area (Å²) in [6.45, 7) is 17.9. The average molecular weight is 480 g/mol. The van der Waals surface area contributed by atoms with E-state index in [1.54, 1.807) is 6.92 Å². The second kappa shape index (κ2) is 12.1. The summed E-state index contributed by atoms with van der Waals surface area (Å²) < 4.78 is 2.52. The summed E-state index contributed by atoms with van der Waals surface area (Å²) >= 11 is 0. The van der Waals surface area contributed by atoms with Gasteiger partial charge in [0, 0.05) is 43.3 Å². The van der Waals surface area contributed by atoms with Crippen LogP contribution in [0.25, 0.3) is 16.6 Å². The summed E-state index contributed by atoms with van der Waals surface area (Å²) in [4.78, 5) is 19.5. The molecule has 2 aromatic rings. The Balaban J connectivity index is 2.10. The van der Waals surface area contributed by atoms with Crippen LogP contribution in [0, 0.1) is 11.3 Å². The standard InChI is InChI=1S/C29H45N5O/c1-8-20(5)26(18-31-17-21(6)35)29-32-27-16-23(25(9-2)22(7)30)10-11-28(27)34(29)24-12-14-33(15-13-24)19(3)4/h9-11,16,19-20,24,26,30-31H,8,12-15,17-18H2,1-7H3/b25-9-,30-22?/t20-,26?/m1/s1. The van der Waals surface area contributed by atoms with Crippen molar-refractivity contribution in [3.63, 3.8) is 0 Å². The molecule has 0 aliphatic carbocycles. The zero-order valence-electron chi connectivity index (χ0n) is 22.8. The molecule has 2 heterocycles. The molecule has 1 aliphatic rings. The number of nitrogens with zero attached hydrogens (tertiary/aromatic N) is 3. The maximum atomic E-state index is 11.6. The molecule has 3 rings (SSSR count). The lowest BCUT2D eigenvalue weighted by Gasteiger charge is -2.37. The van der Waals surface area contributed by atoms with Gasteiger partial charge in [0.1, 0.15) is 11.6 Å². The SMILES string of the molecule is C/C=C(/C(C)=N)c1ccc2c(c1)nc(C(CNCC(C)=O)[C@H](C)CC)n2C1CCN(C(C)C)CC1. The predicted octanol–water partition coefficient (Wildman–Crippen LogP) is 5.83. The second-order valence-corrected chi connectivity index (χ2v) is 10.6. The monoisotopic (exact) mass is 479 g/mol. The lowest BCUT2D eigenvalue weighted by atomic mass is 9.90. The highest BCUT2D eigenvalue weighted by atomic mass is 16.1. The van der Waals surface area contributed by atoms with E-state index in [1.165, 1.54) is 5.52 Å². The van der Waals surface area contributed by atoms with Crippen molar-refractivity contribution in [2.45, 2.75) is 85.7 Å². The summed E-state index contributed by atoms with van der Waals surface area (Å²) in [7, 11) is 0. The number of piperidine rings is 1. The smallest absolute Gasteiger partial charge is 0.143 e. The largest absolute Gasteiger partial charge is 0.324 e.